The van der Waals surface area contributed by atoms with Crippen LogP contribution in [0.3, 0.4) is 0 Å². The van der Waals surface area contributed by atoms with Gasteiger partial charge in [0.05, 0.1) is 12.3 Å². The van der Waals surface area contributed by atoms with Gasteiger partial charge in [0, 0.05) is 18.9 Å². The quantitative estimate of drug-likeness (QED) is 0.740. The Bertz CT molecular complexity index is 774. The van der Waals surface area contributed by atoms with Gasteiger partial charge in [-0.2, -0.15) is 10.4 Å². The molecule has 0 atom stereocenters. The van der Waals surface area contributed by atoms with Crippen LogP contribution < -0.4 is 10.1 Å². The zero-order valence-electron chi connectivity index (χ0n) is 14.6. The first kappa shape index (κ1) is 18.6. The third kappa shape index (κ3) is 4.43. The summed E-state index contributed by atoms with van der Waals surface area (Å²) in [6, 6.07) is 6.65. The zero-order valence-corrected chi connectivity index (χ0v) is 14.6. The highest BCUT2D eigenvalue weighted by Gasteiger charge is 2.15. The van der Waals surface area contributed by atoms with E-state index in [1.807, 2.05) is 13.8 Å². The predicted molar refractivity (Wildman–Crippen MR) is 92.6 cm³/mol. The summed E-state index contributed by atoms with van der Waals surface area (Å²) in [6.45, 7) is 4.58. The van der Waals surface area contributed by atoms with Crippen molar-refractivity contribution in [2.24, 2.45) is 0 Å². The Morgan fingerprint density at radius 1 is 1.20 bits per heavy atom. The highest BCUT2D eigenvalue weighted by atomic mass is 19.1. The van der Waals surface area contributed by atoms with Crippen molar-refractivity contribution in [3.63, 3.8) is 0 Å². The van der Waals surface area contributed by atoms with Crippen molar-refractivity contribution in [1.29, 1.82) is 5.26 Å². The average molecular weight is 344 g/mol. The summed E-state index contributed by atoms with van der Waals surface area (Å²) in [5.74, 6) is -0.0396. The number of aryl methyl sites for hydroxylation is 1. The maximum absolute atomic E-state index is 14.1. The molecule has 0 amide bonds. The van der Waals surface area contributed by atoms with Gasteiger partial charge < -0.3 is 14.8 Å². The first-order valence-corrected chi connectivity index (χ1v) is 8.11. The topological polar surface area (TPSA) is 80.1 Å². The van der Waals surface area contributed by atoms with Crippen molar-refractivity contribution in [3.05, 3.63) is 40.8 Å². The van der Waals surface area contributed by atoms with E-state index in [1.54, 1.807) is 13.2 Å². The van der Waals surface area contributed by atoms with Crippen LogP contribution in [-0.2, 0) is 17.6 Å². The molecule has 0 fully saturated rings. The summed E-state index contributed by atoms with van der Waals surface area (Å²) in [6.07, 6.45) is 1.38. The second-order valence-corrected chi connectivity index (χ2v) is 5.28. The average Bonchev–Trinajstić information content (AvgIpc) is 2.63. The van der Waals surface area contributed by atoms with Gasteiger partial charge >= 0.3 is 0 Å². The van der Waals surface area contributed by atoms with Gasteiger partial charge in [-0.25, -0.2) is 4.39 Å². The molecule has 0 spiro atoms. The molecule has 6 nitrogen and oxygen atoms in total. The Kier molecular flexibility index (Phi) is 6.66. The number of rotatable bonds is 8. The number of hydrogen-bond donors (Lipinski definition) is 1. The fourth-order valence-corrected chi connectivity index (χ4v) is 2.45. The molecule has 7 heteroatoms. The van der Waals surface area contributed by atoms with Crippen LogP contribution in [0.4, 0.5) is 15.9 Å². The molecule has 1 heterocycles. The van der Waals surface area contributed by atoms with Crippen molar-refractivity contribution < 1.29 is 13.9 Å². The standard InChI is InChI=1S/C18H21FN4O2/c1-4-13-14(11-20)18(23-22-16(13)5-2)21-12-6-7-17(15(19)10-12)25-9-8-24-3/h6-7,10H,4-5,8-9H2,1-3H3,(H,21,23). The van der Waals surface area contributed by atoms with Crippen LogP contribution in [0.5, 0.6) is 5.75 Å². The largest absolute Gasteiger partial charge is 0.488 e. The van der Waals surface area contributed by atoms with Crippen LogP contribution in [0.15, 0.2) is 18.2 Å². The SMILES string of the molecule is CCc1nnc(Nc2ccc(OCCOC)c(F)c2)c(C#N)c1CC. The van der Waals surface area contributed by atoms with Crippen LogP contribution in [0.2, 0.25) is 0 Å². The maximum Gasteiger partial charge on any atom is 0.171 e. The molecule has 0 radical (unpaired) electrons. The molecule has 1 N–H and O–H groups in total. The zero-order chi connectivity index (χ0) is 18.2. The first-order valence-electron chi connectivity index (χ1n) is 8.11. The van der Waals surface area contributed by atoms with Gasteiger partial charge in [0.2, 0.25) is 0 Å². The second kappa shape index (κ2) is 8.94. The Morgan fingerprint density at radius 3 is 2.60 bits per heavy atom. The lowest BCUT2D eigenvalue weighted by Gasteiger charge is -2.13. The Balaban J connectivity index is 2.25. The summed E-state index contributed by atoms with van der Waals surface area (Å²) >= 11 is 0. The van der Waals surface area contributed by atoms with Crippen LogP contribution in [0.25, 0.3) is 0 Å². The highest BCUT2D eigenvalue weighted by molar-refractivity contribution is 5.65. The van der Waals surface area contributed by atoms with Crippen LogP contribution in [0.1, 0.15) is 30.7 Å². The van der Waals surface area contributed by atoms with Crippen molar-refractivity contribution >= 4 is 11.5 Å². The number of hydrogen-bond acceptors (Lipinski definition) is 6. The Hall–Kier alpha value is -2.72. The predicted octanol–water partition coefficient (Wildman–Crippen LogP) is 3.38. The van der Waals surface area contributed by atoms with Crippen molar-refractivity contribution in [1.82, 2.24) is 10.2 Å². The maximum atomic E-state index is 14.1. The van der Waals surface area contributed by atoms with E-state index in [0.717, 1.165) is 11.3 Å². The monoisotopic (exact) mass is 344 g/mol. The third-order valence-electron chi connectivity index (χ3n) is 3.70. The Labute approximate surface area is 146 Å². The number of methoxy groups -OCH3 is 1. The number of ether oxygens (including phenoxy) is 2. The highest BCUT2D eigenvalue weighted by Crippen LogP contribution is 2.26. The van der Waals surface area contributed by atoms with E-state index in [-0.39, 0.29) is 12.4 Å². The van der Waals surface area contributed by atoms with Crippen molar-refractivity contribution in [3.8, 4) is 11.8 Å². The number of nitrogens with one attached hydrogen (secondary N) is 1. The molecule has 0 unspecified atom stereocenters. The first-order chi connectivity index (χ1) is 12.1. The summed E-state index contributed by atoms with van der Waals surface area (Å²) in [4.78, 5) is 0. The van der Waals surface area contributed by atoms with E-state index in [9.17, 15) is 9.65 Å². The third-order valence-corrected chi connectivity index (χ3v) is 3.70. The number of benzene rings is 1. The van der Waals surface area contributed by atoms with Gasteiger partial charge in [0.1, 0.15) is 18.2 Å². The molecule has 132 valence electrons. The number of aromatic nitrogens is 2. The number of nitriles is 1. The van der Waals surface area contributed by atoms with Crippen molar-refractivity contribution in [2.45, 2.75) is 26.7 Å². The number of halogens is 1. The lowest BCUT2D eigenvalue weighted by molar-refractivity contribution is 0.144. The fourth-order valence-electron chi connectivity index (χ4n) is 2.45. The van der Waals surface area contributed by atoms with Gasteiger partial charge in [0.15, 0.2) is 17.4 Å². The number of nitrogens with zero attached hydrogens (tertiary/aromatic N) is 3. The van der Waals surface area contributed by atoms with Crippen LogP contribution >= 0.6 is 0 Å². The second-order valence-electron chi connectivity index (χ2n) is 5.28. The van der Waals surface area contributed by atoms with E-state index < -0.39 is 5.82 Å². The summed E-state index contributed by atoms with van der Waals surface area (Å²) in [5, 5.41) is 20.7. The lowest BCUT2D eigenvalue weighted by Crippen LogP contribution is -2.08. The number of anilines is 2. The van der Waals surface area contributed by atoms with Gasteiger partial charge in [-0.15, -0.1) is 5.10 Å². The molecule has 0 saturated carbocycles. The Morgan fingerprint density at radius 2 is 2.00 bits per heavy atom. The molecular weight excluding hydrogens is 323 g/mol. The van der Waals surface area contributed by atoms with Gasteiger partial charge in [0.25, 0.3) is 0 Å². The van der Waals surface area contributed by atoms with E-state index in [4.69, 9.17) is 9.47 Å². The van der Waals surface area contributed by atoms with Crippen LogP contribution in [0, 0.1) is 17.1 Å². The van der Waals surface area contributed by atoms with Gasteiger partial charge in [-0.3, -0.25) is 0 Å². The summed E-state index contributed by atoms with van der Waals surface area (Å²) in [5.41, 5.74) is 2.57. The van der Waals surface area contributed by atoms with Gasteiger partial charge in [-0.05, 0) is 30.5 Å². The minimum Gasteiger partial charge on any atom is -0.488 e. The van der Waals surface area contributed by atoms with Gasteiger partial charge in [-0.1, -0.05) is 13.8 Å². The summed E-state index contributed by atoms with van der Waals surface area (Å²) in [7, 11) is 1.55. The van der Waals surface area contributed by atoms with E-state index in [0.29, 0.717) is 36.5 Å². The van der Waals surface area contributed by atoms with E-state index in [2.05, 4.69) is 21.6 Å². The normalized spacial score (nSPS) is 10.4. The van der Waals surface area contributed by atoms with E-state index >= 15 is 0 Å². The molecule has 0 aliphatic carbocycles. The summed E-state index contributed by atoms with van der Waals surface area (Å²) < 4.78 is 24.3. The molecule has 1 aromatic heterocycles. The molecule has 1 aromatic carbocycles. The molecule has 0 bridgehead atoms. The molecule has 0 saturated heterocycles. The molecule has 0 aliphatic heterocycles. The lowest BCUT2D eigenvalue weighted by atomic mass is 10.0. The smallest absolute Gasteiger partial charge is 0.171 e. The molecule has 2 aromatic rings. The van der Waals surface area contributed by atoms with Crippen molar-refractivity contribution in [2.75, 3.05) is 25.6 Å². The molecule has 0 aliphatic rings. The minimum absolute atomic E-state index is 0.143. The van der Waals surface area contributed by atoms with E-state index in [1.165, 1.54) is 12.1 Å². The minimum atomic E-state index is -0.506. The fraction of sp³-hybridized carbons (Fsp3) is 0.389. The molecular formula is C18H21FN4O2. The molecule has 2 rings (SSSR count). The van der Waals surface area contributed by atoms with Crippen LogP contribution in [-0.4, -0.2) is 30.5 Å². The molecule has 25 heavy (non-hydrogen) atoms.